The quantitative estimate of drug-likeness (QED) is 0.586. The molecule has 1 aromatic rings. The van der Waals surface area contributed by atoms with Crippen LogP contribution in [0.25, 0.3) is 0 Å². The van der Waals surface area contributed by atoms with E-state index in [9.17, 15) is 4.79 Å². The van der Waals surface area contributed by atoms with Crippen molar-refractivity contribution in [1.82, 2.24) is 9.88 Å². The molecule has 0 saturated heterocycles. The van der Waals surface area contributed by atoms with Gasteiger partial charge in [0.05, 0.1) is 17.9 Å². The second-order valence-electron chi connectivity index (χ2n) is 4.17. The van der Waals surface area contributed by atoms with Crippen molar-refractivity contribution in [2.24, 2.45) is 0 Å². The number of nitrogens with zero attached hydrogens (tertiary/aromatic N) is 2. The van der Waals surface area contributed by atoms with Gasteiger partial charge >= 0.3 is 5.97 Å². The Morgan fingerprint density at radius 3 is 2.70 bits per heavy atom. The number of ether oxygens (including phenoxy) is 1. The smallest absolute Gasteiger partial charge is 0.340 e. The van der Waals surface area contributed by atoms with E-state index < -0.39 is 5.97 Å². The van der Waals surface area contributed by atoms with Gasteiger partial charge in [-0.3, -0.25) is 0 Å². The summed E-state index contributed by atoms with van der Waals surface area (Å²) in [5.41, 5.74) is 6.81. The molecule has 20 heavy (non-hydrogen) atoms. The fraction of sp³-hybridized carbons (Fsp3) is 0.571. The normalized spacial score (nSPS) is 10.8. The van der Waals surface area contributed by atoms with Crippen molar-refractivity contribution in [2.75, 3.05) is 37.7 Å². The average molecular weight is 297 g/mol. The first-order valence-electron chi connectivity index (χ1n) is 6.90. The highest BCUT2D eigenvalue weighted by atomic mass is 32.2. The lowest BCUT2D eigenvalue weighted by Gasteiger charge is -2.17. The van der Waals surface area contributed by atoms with Crippen molar-refractivity contribution in [1.29, 1.82) is 0 Å². The van der Waals surface area contributed by atoms with Gasteiger partial charge in [-0.15, -0.1) is 11.8 Å². The molecule has 0 aliphatic carbocycles. The number of carbonyl (C=O) groups is 1. The number of hydrogen-bond acceptors (Lipinski definition) is 6. The highest BCUT2D eigenvalue weighted by Crippen LogP contribution is 2.25. The Balaban J connectivity index is 2.67. The molecule has 0 unspecified atom stereocenters. The molecular formula is C14H23N3O2S. The number of thioether (sulfide) groups is 1. The molecule has 0 spiro atoms. The highest BCUT2D eigenvalue weighted by Gasteiger charge is 2.14. The van der Waals surface area contributed by atoms with Crippen LogP contribution in [0.4, 0.5) is 5.69 Å². The van der Waals surface area contributed by atoms with Crippen molar-refractivity contribution in [3.8, 4) is 0 Å². The first-order valence-corrected chi connectivity index (χ1v) is 7.89. The molecule has 112 valence electrons. The van der Waals surface area contributed by atoms with Gasteiger partial charge in [-0.25, -0.2) is 9.78 Å². The molecule has 0 atom stereocenters. The number of carbonyl (C=O) groups excluding carboxylic acids is 1. The van der Waals surface area contributed by atoms with Crippen LogP contribution in [-0.2, 0) is 4.74 Å². The zero-order valence-electron chi connectivity index (χ0n) is 12.4. The second-order valence-corrected chi connectivity index (χ2v) is 5.26. The van der Waals surface area contributed by atoms with Gasteiger partial charge in [-0.2, -0.15) is 0 Å². The molecule has 0 aliphatic rings. The Hall–Kier alpha value is -1.27. The van der Waals surface area contributed by atoms with E-state index in [1.807, 2.05) is 0 Å². The SMILES string of the molecule is CCOC(=O)c1ccnc(SCCN(CC)CC)c1N. The Morgan fingerprint density at radius 2 is 2.10 bits per heavy atom. The van der Waals surface area contributed by atoms with Crippen molar-refractivity contribution in [3.05, 3.63) is 17.8 Å². The summed E-state index contributed by atoms with van der Waals surface area (Å²) in [6, 6.07) is 1.60. The zero-order valence-corrected chi connectivity index (χ0v) is 13.2. The summed E-state index contributed by atoms with van der Waals surface area (Å²) in [6.45, 7) is 9.43. The van der Waals surface area contributed by atoms with Crippen LogP contribution in [0.15, 0.2) is 17.3 Å². The lowest BCUT2D eigenvalue weighted by atomic mass is 10.2. The molecule has 0 aliphatic heterocycles. The molecule has 6 heteroatoms. The molecule has 2 N–H and O–H groups in total. The maximum Gasteiger partial charge on any atom is 0.340 e. The van der Waals surface area contributed by atoms with Gasteiger partial charge in [0.25, 0.3) is 0 Å². The number of rotatable bonds is 8. The average Bonchev–Trinajstić information content (AvgIpc) is 2.45. The Labute approximate surface area is 124 Å². The number of aromatic nitrogens is 1. The van der Waals surface area contributed by atoms with Crippen LogP contribution >= 0.6 is 11.8 Å². The van der Waals surface area contributed by atoms with Gasteiger partial charge in [0.2, 0.25) is 0 Å². The topological polar surface area (TPSA) is 68.5 Å². The maximum absolute atomic E-state index is 11.7. The number of pyridine rings is 1. The van der Waals surface area contributed by atoms with Gasteiger partial charge in [0, 0.05) is 18.5 Å². The molecular weight excluding hydrogens is 274 g/mol. The molecule has 0 amide bonds. The minimum absolute atomic E-state index is 0.338. The van der Waals surface area contributed by atoms with Gasteiger partial charge in [-0.05, 0) is 26.1 Å². The van der Waals surface area contributed by atoms with Crippen molar-refractivity contribution >= 4 is 23.4 Å². The van der Waals surface area contributed by atoms with Crippen LogP contribution in [0.3, 0.4) is 0 Å². The first kappa shape index (κ1) is 16.8. The fourth-order valence-electron chi connectivity index (χ4n) is 1.77. The van der Waals surface area contributed by atoms with Gasteiger partial charge in [-0.1, -0.05) is 13.8 Å². The summed E-state index contributed by atoms with van der Waals surface area (Å²) in [5.74, 6) is 0.503. The van der Waals surface area contributed by atoms with Crippen molar-refractivity contribution in [2.45, 2.75) is 25.8 Å². The van der Waals surface area contributed by atoms with Crippen LogP contribution in [0.2, 0.25) is 0 Å². The van der Waals surface area contributed by atoms with Gasteiger partial charge in [0.15, 0.2) is 0 Å². The Kier molecular flexibility index (Phi) is 7.40. The summed E-state index contributed by atoms with van der Waals surface area (Å²) < 4.78 is 4.98. The van der Waals surface area contributed by atoms with E-state index >= 15 is 0 Å². The third-order valence-electron chi connectivity index (χ3n) is 2.99. The van der Waals surface area contributed by atoms with E-state index in [0.29, 0.717) is 22.9 Å². The van der Waals surface area contributed by atoms with Crippen LogP contribution in [0.1, 0.15) is 31.1 Å². The third-order valence-corrected chi connectivity index (χ3v) is 3.98. The predicted octanol–water partition coefficient (Wildman–Crippen LogP) is 2.27. The number of nitrogens with two attached hydrogens (primary N) is 1. The van der Waals surface area contributed by atoms with E-state index in [4.69, 9.17) is 10.5 Å². The maximum atomic E-state index is 11.7. The molecule has 0 bridgehead atoms. The molecule has 1 heterocycles. The van der Waals surface area contributed by atoms with Gasteiger partial charge < -0.3 is 15.4 Å². The Bertz CT molecular complexity index is 436. The zero-order chi connectivity index (χ0) is 15.0. The molecule has 0 fully saturated rings. The molecule has 5 nitrogen and oxygen atoms in total. The minimum atomic E-state index is -0.391. The standard InChI is InChI=1S/C14H23N3O2S/c1-4-17(5-2)9-10-20-13-12(15)11(7-8-16-13)14(18)19-6-3/h7-8H,4-6,9-10,15H2,1-3H3. The lowest BCUT2D eigenvalue weighted by Crippen LogP contribution is -2.25. The second kappa shape index (κ2) is 8.81. The first-order chi connectivity index (χ1) is 9.63. The number of esters is 1. The lowest BCUT2D eigenvalue weighted by molar-refractivity contribution is 0.0527. The van der Waals surface area contributed by atoms with Gasteiger partial charge in [0.1, 0.15) is 5.03 Å². The monoisotopic (exact) mass is 297 g/mol. The largest absolute Gasteiger partial charge is 0.462 e. The molecule has 0 radical (unpaired) electrons. The fourth-order valence-corrected chi connectivity index (χ4v) is 2.71. The summed E-state index contributed by atoms with van der Waals surface area (Å²) >= 11 is 1.57. The molecule has 1 rings (SSSR count). The van der Waals surface area contributed by atoms with E-state index in [1.165, 1.54) is 0 Å². The summed E-state index contributed by atoms with van der Waals surface area (Å²) in [6.07, 6.45) is 1.60. The Morgan fingerprint density at radius 1 is 1.40 bits per heavy atom. The van der Waals surface area contributed by atoms with E-state index in [0.717, 1.165) is 25.4 Å². The van der Waals surface area contributed by atoms with E-state index in [2.05, 4.69) is 23.7 Å². The summed E-state index contributed by atoms with van der Waals surface area (Å²) in [5, 5.41) is 0.697. The number of nitrogen functional groups attached to an aromatic ring is 1. The van der Waals surface area contributed by atoms with E-state index in [1.54, 1.807) is 30.9 Å². The molecule has 0 saturated carbocycles. The van der Waals surface area contributed by atoms with E-state index in [-0.39, 0.29) is 0 Å². The highest BCUT2D eigenvalue weighted by molar-refractivity contribution is 7.99. The number of hydrogen-bond donors (Lipinski definition) is 1. The minimum Gasteiger partial charge on any atom is -0.462 e. The summed E-state index contributed by atoms with van der Waals surface area (Å²) in [4.78, 5) is 18.3. The molecule has 1 aromatic heterocycles. The van der Waals surface area contributed by atoms with Crippen LogP contribution in [0.5, 0.6) is 0 Å². The van der Waals surface area contributed by atoms with Crippen LogP contribution in [0, 0.1) is 0 Å². The van der Waals surface area contributed by atoms with Crippen LogP contribution in [-0.4, -0.2) is 47.8 Å². The van der Waals surface area contributed by atoms with Crippen LogP contribution < -0.4 is 5.73 Å². The molecule has 0 aromatic carbocycles. The number of anilines is 1. The third kappa shape index (κ3) is 4.68. The summed E-state index contributed by atoms with van der Waals surface area (Å²) in [7, 11) is 0. The van der Waals surface area contributed by atoms with Crippen molar-refractivity contribution in [3.63, 3.8) is 0 Å². The van der Waals surface area contributed by atoms with Crippen molar-refractivity contribution < 1.29 is 9.53 Å². The predicted molar refractivity (Wildman–Crippen MR) is 83.1 cm³/mol.